The molecule has 0 spiro atoms. The molecule has 2 aromatic rings. The highest BCUT2D eigenvalue weighted by atomic mass is 16.5. The predicted octanol–water partition coefficient (Wildman–Crippen LogP) is 4.34. The van der Waals surface area contributed by atoms with Gasteiger partial charge in [-0.3, -0.25) is 4.79 Å². The van der Waals surface area contributed by atoms with Crippen LogP contribution < -0.4 is 14.8 Å². The van der Waals surface area contributed by atoms with E-state index in [9.17, 15) is 10.1 Å². The molecule has 0 fully saturated rings. The van der Waals surface area contributed by atoms with E-state index in [1.165, 1.54) is 0 Å². The van der Waals surface area contributed by atoms with Gasteiger partial charge in [-0.25, -0.2) is 0 Å². The summed E-state index contributed by atoms with van der Waals surface area (Å²) in [5.74, 6) is 1.05. The number of carbonyl (C=O) groups is 1. The molecule has 0 saturated heterocycles. The lowest BCUT2D eigenvalue weighted by Crippen LogP contribution is -2.20. The van der Waals surface area contributed by atoms with Gasteiger partial charge in [-0.1, -0.05) is 18.2 Å². The van der Waals surface area contributed by atoms with E-state index in [-0.39, 0.29) is 11.7 Å². The van der Waals surface area contributed by atoms with Crippen LogP contribution in [0.5, 0.6) is 11.5 Å². The van der Waals surface area contributed by atoms with E-state index in [0.29, 0.717) is 12.3 Å². The van der Waals surface area contributed by atoms with Gasteiger partial charge in [0.2, 0.25) is 0 Å². The molecular formula is C22H20N2O3. The molecule has 0 radical (unpaired) electrons. The third-order valence-electron chi connectivity index (χ3n) is 4.11. The van der Waals surface area contributed by atoms with E-state index >= 15 is 0 Å². The lowest BCUT2D eigenvalue weighted by Gasteiger charge is -2.23. The number of hydrogen-bond donors (Lipinski definition) is 1. The number of nitrogens with zero attached hydrogens (tertiary/aromatic N) is 1. The zero-order chi connectivity index (χ0) is 19.2. The van der Waals surface area contributed by atoms with Gasteiger partial charge < -0.3 is 14.8 Å². The molecule has 136 valence electrons. The number of amides is 1. The van der Waals surface area contributed by atoms with Crippen LogP contribution in [0.2, 0.25) is 0 Å². The number of hydrogen-bond acceptors (Lipinski definition) is 4. The average Bonchev–Trinajstić information content (AvgIpc) is 2.68. The Balaban J connectivity index is 1.79. The molecule has 27 heavy (non-hydrogen) atoms. The maximum atomic E-state index is 12.5. The van der Waals surface area contributed by atoms with E-state index in [2.05, 4.69) is 5.32 Å². The number of benzene rings is 2. The fourth-order valence-electron chi connectivity index (χ4n) is 2.74. The third kappa shape index (κ3) is 4.36. The van der Waals surface area contributed by atoms with Crippen LogP contribution >= 0.6 is 0 Å². The second-order valence-corrected chi connectivity index (χ2v) is 6.02. The minimum atomic E-state index is -0.464. The average molecular weight is 360 g/mol. The smallest absolute Gasteiger partial charge is 0.266 e. The molecular weight excluding hydrogens is 340 g/mol. The SMILES string of the molecule is CCOc1ccc(NC(=O)C(C#N)=CC2=Cc3ccccc3OC2C)cc1. The highest BCUT2D eigenvalue weighted by Gasteiger charge is 2.19. The van der Waals surface area contributed by atoms with Gasteiger partial charge >= 0.3 is 0 Å². The van der Waals surface area contributed by atoms with Crippen LogP contribution in [0.15, 0.2) is 65.8 Å². The summed E-state index contributed by atoms with van der Waals surface area (Å²) < 4.78 is 11.2. The van der Waals surface area contributed by atoms with Crippen molar-refractivity contribution >= 4 is 17.7 Å². The summed E-state index contributed by atoms with van der Waals surface area (Å²) in [7, 11) is 0. The molecule has 1 heterocycles. The first-order valence-electron chi connectivity index (χ1n) is 8.74. The standard InChI is InChI=1S/C22H20N2O3/c1-3-26-20-10-8-19(9-11-20)24-22(25)18(14-23)13-17-12-16-6-4-5-7-21(16)27-15(17)2/h4-13,15H,3H2,1-2H3,(H,24,25). The Kier molecular flexibility index (Phi) is 5.58. The number of carbonyl (C=O) groups excluding carboxylic acids is 1. The Bertz CT molecular complexity index is 937. The first kappa shape index (κ1) is 18.3. The zero-order valence-corrected chi connectivity index (χ0v) is 15.2. The fourth-order valence-corrected chi connectivity index (χ4v) is 2.74. The Morgan fingerprint density at radius 3 is 2.70 bits per heavy atom. The lowest BCUT2D eigenvalue weighted by molar-refractivity contribution is -0.112. The Morgan fingerprint density at radius 1 is 1.26 bits per heavy atom. The van der Waals surface area contributed by atoms with Gasteiger partial charge in [0, 0.05) is 11.3 Å². The number of anilines is 1. The molecule has 0 bridgehead atoms. The molecule has 3 rings (SSSR count). The minimum absolute atomic E-state index is 0.0185. The molecule has 0 saturated carbocycles. The Hall–Kier alpha value is -3.52. The van der Waals surface area contributed by atoms with E-state index in [1.54, 1.807) is 30.3 Å². The molecule has 2 aromatic carbocycles. The maximum absolute atomic E-state index is 12.5. The molecule has 5 nitrogen and oxygen atoms in total. The van der Waals surface area contributed by atoms with E-state index in [4.69, 9.17) is 9.47 Å². The Morgan fingerprint density at radius 2 is 2.00 bits per heavy atom. The maximum Gasteiger partial charge on any atom is 0.266 e. The molecule has 1 unspecified atom stereocenters. The molecule has 1 amide bonds. The molecule has 1 N–H and O–H groups in total. The Labute approximate surface area is 158 Å². The van der Waals surface area contributed by atoms with Crippen molar-refractivity contribution in [2.24, 2.45) is 0 Å². The van der Waals surface area contributed by atoms with Crippen molar-refractivity contribution < 1.29 is 14.3 Å². The van der Waals surface area contributed by atoms with Crippen LogP contribution in [0.3, 0.4) is 0 Å². The first-order valence-corrected chi connectivity index (χ1v) is 8.74. The zero-order valence-electron chi connectivity index (χ0n) is 15.2. The molecule has 0 aromatic heterocycles. The molecule has 1 aliphatic rings. The van der Waals surface area contributed by atoms with Crippen molar-refractivity contribution in [1.82, 2.24) is 0 Å². The van der Waals surface area contributed by atoms with Gasteiger partial charge in [0.05, 0.1) is 6.61 Å². The number of para-hydroxylation sites is 1. The topological polar surface area (TPSA) is 71.3 Å². The normalized spacial score (nSPS) is 15.7. The van der Waals surface area contributed by atoms with Crippen LogP contribution in [-0.2, 0) is 4.79 Å². The van der Waals surface area contributed by atoms with Crippen LogP contribution in [0.25, 0.3) is 6.08 Å². The highest BCUT2D eigenvalue weighted by molar-refractivity contribution is 6.07. The molecule has 1 aliphatic heterocycles. The van der Waals surface area contributed by atoms with E-state index < -0.39 is 5.91 Å². The van der Waals surface area contributed by atoms with Crippen molar-refractivity contribution in [2.45, 2.75) is 20.0 Å². The third-order valence-corrected chi connectivity index (χ3v) is 4.11. The van der Waals surface area contributed by atoms with Crippen molar-refractivity contribution in [1.29, 1.82) is 5.26 Å². The minimum Gasteiger partial charge on any atom is -0.494 e. The van der Waals surface area contributed by atoms with Crippen LogP contribution in [0, 0.1) is 11.3 Å². The molecule has 0 aliphatic carbocycles. The molecule has 1 atom stereocenters. The highest BCUT2D eigenvalue weighted by Crippen LogP contribution is 2.30. The van der Waals surface area contributed by atoms with E-state index in [0.717, 1.165) is 22.6 Å². The summed E-state index contributed by atoms with van der Waals surface area (Å²) in [6.45, 7) is 4.37. The quantitative estimate of drug-likeness (QED) is 0.636. The second-order valence-electron chi connectivity index (χ2n) is 6.02. The van der Waals surface area contributed by atoms with Crippen molar-refractivity contribution in [3.05, 3.63) is 71.3 Å². The van der Waals surface area contributed by atoms with Gasteiger partial charge in [0.15, 0.2) is 0 Å². The van der Waals surface area contributed by atoms with Crippen LogP contribution in [0.1, 0.15) is 19.4 Å². The van der Waals surface area contributed by atoms with Crippen LogP contribution in [0.4, 0.5) is 5.69 Å². The number of rotatable bonds is 5. The summed E-state index contributed by atoms with van der Waals surface area (Å²) in [5.41, 5.74) is 2.31. The summed E-state index contributed by atoms with van der Waals surface area (Å²) in [4.78, 5) is 12.5. The molecule has 5 heteroatoms. The first-order chi connectivity index (χ1) is 13.1. The fraction of sp³-hybridized carbons (Fsp3) is 0.182. The number of nitriles is 1. The number of nitrogens with one attached hydrogen (secondary N) is 1. The van der Waals surface area contributed by atoms with Crippen molar-refractivity contribution in [2.75, 3.05) is 11.9 Å². The van der Waals surface area contributed by atoms with Gasteiger partial charge in [-0.2, -0.15) is 5.26 Å². The van der Waals surface area contributed by atoms with E-state index in [1.807, 2.05) is 50.3 Å². The summed E-state index contributed by atoms with van der Waals surface area (Å²) in [5, 5.41) is 12.2. The number of fused-ring (bicyclic) bond motifs is 1. The van der Waals surface area contributed by atoms with Crippen LogP contribution in [-0.4, -0.2) is 18.6 Å². The summed E-state index contributed by atoms with van der Waals surface area (Å²) >= 11 is 0. The summed E-state index contributed by atoms with van der Waals surface area (Å²) in [6.07, 6.45) is 3.26. The van der Waals surface area contributed by atoms with Gasteiger partial charge in [0.1, 0.15) is 29.2 Å². The van der Waals surface area contributed by atoms with Gasteiger partial charge in [0.25, 0.3) is 5.91 Å². The largest absolute Gasteiger partial charge is 0.494 e. The number of ether oxygens (including phenoxy) is 2. The van der Waals surface area contributed by atoms with Crippen molar-refractivity contribution in [3.63, 3.8) is 0 Å². The van der Waals surface area contributed by atoms with Gasteiger partial charge in [-0.15, -0.1) is 0 Å². The van der Waals surface area contributed by atoms with Gasteiger partial charge in [-0.05, 0) is 61.9 Å². The lowest BCUT2D eigenvalue weighted by atomic mass is 10.0. The summed E-state index contributed by atoms with van der Waals surface area (Å²) in [6, 6.07) is 16.6. The van der Waals surface area contributed by atoms with Crippen molar-refractivity contribution in [3.8, 4) is 17.6 Å². The predicted molar refractivity (Wildman–Crippen MR) is 104 cm³/mol. The monoisotopic (exact) mass is 360 g/mol. The second kappa shape index (κ2) is 8.24.